The second kappa shape index (κ2) is 5.79. The van der Waals surface area contributed by atoms with Gasteiger partial charge in [-0.2, -0.15) is 0 Å². The summed E-state index contributed by atoms with van der Waals surface area (Å²) in [6.45, 7) is 3.40. The summed E-state index contributed by atoms with van der Waals surface area (Å²) in [4.78, 5) is 2.07. The molecule has 4 N–H and O–H groups in total. The first-order valence-corrected chi connectivity index (χ1v) is 3.90. The fourth-order valence-electron chi connectivity index (χ4n) is 0.926. The highest BCUT2D eigenvalue weighted by atomic mass is 16.4. The largest absolute Gasteiger partial charge is 0.409 e. The van der Waals surface area contributed by atoms with Gasteiger partial charge in [0.25, 0.3) is 0 Å². The van der Waals surface area contributed by atoms with Crippen LogP contribution >= 0.6 is 0 Å². The molecule has 0 spiro atoms. The van der Waals surface area contributed by atoms with Gasteiger partial charge in [0, 0.05) is 12.6 Å². The Bertz CT molecular complexity index is 146. The van der Waals surface area contributed by atoms with Gasteiger partial charge in [-0.15, -0.1) is 0 Å². The van der Waals surface area contributed by atoms with Crippen LogP contribution in [0, 0.1) is 0 Å². The minimum Gasteiger partial charge on any atom is -0.409 e. The van der Waals surface area contributed by atoms with Crippen molar-refractivity contribution in [2.45, 2.75) is 13.0 Å². The van der Waals surface area contributed by atoms with E-state index >= 15 is 0 Å². The van der Waals surface area contributed by atoms with Crippen LogP contribution < -0.4 is 11.1 Å². The topological polar surface area (TPSA) is 73.9 Å². The van der Waals surface area contributed by atoms with Gasteiger partial charge < -0.3 is 21.2 Å². The normalized spacial score (nSPS) is 15.2. The lowest BCUT2D eigenvalue weighted by Gasteiger charge is -2.17. The summed E-state index contributed by atoms with van der Waals surface area (Å²) in [5, 5.41) is 14.2. The van der Waals surface area contributed by atoms with Crippen molar-refractivity contribution in [3.63, 3.8) is 0 Å². The summed E-state index contributed by atoms with van der Waals surface area (Å²) >= 11 is 0. The van der Waals surface area contributed by atoms with Crippen LogP contribution in [0.5, 0.6) is 0 Å². The van der Waals surface area contributed by atoms with Crippen molar-refractivity contribution in [3.05, 3.63) is 0 Å². The first-order chi connectivity index (χ1) is 5.56. The minimum atomic E-state index is 0.209. The highest BCUT2D eigenvalue weighted by Crippen LogP contribution is 1.83. The number of rotatable bonds is 5. The maximum Gasteiger partial charge on any atom is 0.153 e. The Labute approximate surface area is 73.2 Å². The van der Waals surface area contributed by atoms with Gasteiger partial charge in [0.05, 0.1) is 6.54 Å². The Hall–Kier alpha value is -0.810. The number of nitrogens with two attached hydrogens (primary N) is 1. The molecule has 12 heavy (non-hydrogen) atoms. The third-order valence-electron chi connectivity index (χ3n) is 1.40. The van der Waals surface area contributed by atoms with E-state index in [1.165, 1.54) is 0 Å². The lowest BCUT2D eigenvalue weighted by molar-refractivity contribution is 0.315. The summed E-state index contributed by atoms with van der Waals surface area (Å²) in [7, 11) is 4.00. The number of hydrogen-bond acceptors (Lipinski definition) is 4. The maximum absolute atomic E-state index is 8.24. The van der Waals surface area contributed by atoms with Crippen LogP contribution in [0.15, 0.2) is 5.16 Å². The Morgan fingerprint density at radius 1 is 1.67 bits per heavy atom. The van der Waals surface area contributed by atoms with Crippen molar-refractivity contribution >= 4 is 5.84 Å². The standard InChI is InChI=1S/C7H18N4O/c1-6(5-11(2)3)9-4-7(8)10-12/h6,9,12H,4-5H2,1-3H3,(H2,8,10). The molecule has 0 aliphatic rings. The monoisotopic (exact) mass is 174 g/mol. The lowest BCUT2D eigenvalue weighted by Crippen LogP contribution is -2.40. The van der Waals surface area contributed by atoms with E-state index in [1.54, 1.807) is 0 Å². The van der Waals surface area contributed by atoms with Crippen LogP contribution in [0.3, 0.4) is 0 Å². The summed E-state index contributed by atoms with van der Waals surface area (Å²) < 4.78 is 0. The van der Waals surface area contributed by atoms with Crippen LogP contribution in [-0.2, 0) is 0 Å². The van der Waals surface area contributed by atoms with Crippen molar-refractivity contribution in [2.24, 2.45) is 10.9 Å². The predicted molar refractivity (Wildman–Crippen MR) is 49.4 cm³/mol. The molecule has 0 heterocycles. The molecular weight excluding hydrogens is 156 g/mol. The molecular formula is C7H18N4O. The molecule has 0 fully saturated rings. The second-order valence-electron chi connectivity index (χ2n) is 3.14. The number of oxime groups is 1. The van der Waals surface area contributed by atoms with E-state index in [2.05, 4.69) is 15.4 Å². The molecule has 0 bridgehead atoms. The first kappa shape index (κ1) is 11.2. The van der Waals surface area contributed by atoms with Gasteiger partial charge in [0.2, 0.25) is 0 Å². The number of nitrogens with zero attached hydrogens (tertiary/aromatic N) is 2. The zero-order chi connectivity index (χ0) is 9.56. The second-order valence-corrected chi connectivity index (χ2v) is 3.14. The Morgan fingerprint density at radius 2 is 2.25 bits per heavy atom. The van der Waals surface area contributed by atoms with Gasteiger partial charge in [0.1, 0.15) is 0 Å². The molecule has 0 amide bonds. The third kappa shape index (κ3) is 5.94. The van der Waals surface area contributed by atoms with Crippen LogP contribution in [0.4, 0.5) is 0 Å². The fraction of sp³-hybridized carbons (Fsp3) is 0.857. The van der Waals surface area contributed by atoms with E-state index in [-0.39, 0.29) is 5.84 Å². The molecule has 1 atom stereocenters. The van der Waals surface area contributed by atoms with Crippen molar-refractivity contribution in [1.29, 1.82) is 0 Å². The van der Waals surface area contributed by atoms with Crippen molar-refractivity contribution in [2.75, 3.05) is 27.2 Å². The Balaban J connectivity index is 3.50. The molecule has 5 nitrogen and oxygen atoms in total. The van der Waals surface area contributed by atoms with Crippen molar-refractivity contribution in [1.82, 2.24) is 10.2 Å². The molecule has 5 heteroatoms. The highest BCUT2D eigenvalue weighted by molar-refractivity contribution is 5.81. The molecule has 0 rings (SSSR count). The average Bonchev–Trinajstić information content (AvgIpc) is 1.99. The molecule has 0 radical (unpaired) electrons. The average molecular weight is 174 g/mol. The van der Waals surface area contributed by atoms with Crippen LogP contribution in [0.2, 0.25) is 0 Å². The number of likely N-dealkylation sites (N-methyl/N-ethyl adjacent to an activating group) is 1. The summed E-state index contributed by atoms with van der Waals surface area (Å²) in [5.41, 5.74) is 5.28. The van der Waals surface area contributed by atoms with Gasteiger partial charge in [0.15, 0.2) is 5.84 Å². The van der Waals surface area contributed by atoms with Gasteiger partial charge >= 0.3 is 0 Å². The highest BCUT2D eigenvalue weighted by Gasteiger charge is 2.02. The van der Waals surface area contributed by atoms with Crippen LogP contribution in [-0.4, -0.2) is 49.2 Å². The Morgan fingerprint density at radius 3 is 2.67 bits per heavy atom. The number of amidine groups is 1. The van der Waals surface area contributed by atoms with Gasteiger partial charge in [-0.25, -0.2) is 0 Å². The lowest BCUT2D eigenvalue weighted by atomic mass is 10.3. The third-order valence-corrected chi connectivity index (χ3v) is 1.40. The molecule has 0 aromatic carbocycles. The first-order valence-electron chi connectivity index (χ1n) is 3.90. The molecule has 0 saturated heterocycles. The van der Waals surface area contributed by atoms with Crippen molar-refractivity contribution in [3.8, 4) is 0 Å². The quantitative estimate of drug-likeness (QED) is 0.222. The van der Waals surface area contributed by atoms with Crippen LogP contribution in [0.1, 0.15) is 6.92 Å². The molecule has 0 aromatic rings. The summed E-state index contributed by atoms with van der Waals surface area (Å²) in [6.07, 6.45) is 0. The molecule has 0 aliphatic carbocycles. The predicted octanol–water partition coefficient (Wildman–Crippen LogP) is -0.727. The van der Waals surface area contributed by atoms with Gasteiger partial charge in [-0.3, -0.25) is 0 Å². The number of nitrogens with one attached hydrogen (secondary N) is 1. The van der Waals surface area contributed by atoms with E-state index in [0.717, 1.165) is 6.54 Å². The molecule has 0 aromatic heterocycles. The van der Waals surface area contributed by atoms with Gasteiger partial charge in [-0.1, -0.05) is 5.16 Å². The van der Waals surface area contributed by atoms with E-state index in [0.29, 0.717) is 12.6 Å². The maximum atomic E-state index is 8.24. The zero-order valence-electron chi connectivity index (χ0n) is 7.91. The van der Waals surface area contributed by atoms with Crippen molar-refractivity contribution < 1.29 is 5.21 Å². The van der Waals surface area contributed by atoms with E-state index in [1.807, 2.05) is 21.0 Å². The van der Waals surface area contributed by atoms with E-state index in [4.69, 9.17) is 10.9 Å². The summed E-state index contributed by atoms with van der Waals surface area (Å²) in [5.74, 6) is 0.209. The molecule has 0 saturated carbocycles. The fourth-order valence-corrected chi connectivity index (χ4v) is 0.926. The SMILES string of the molecule is CC(CN(C)C)NCC(N)=NO. The molecule has 1 unspecified atom stereocenters. The van der Waals surface area contributed by atoms with Gasteiger partial charge in [-0.05, 0) is 21.0 Å². The Kier molecular flexibility index (Phi) is 5.40. The summed E-state index contributed by atoms with van der Waals surface area (Å²) in [6, 6.07) is 0.334. The number of hydrogen-bond donors (Lipinski definition) is 3. The minimum absolute atomic E-state index is 0.209. The van der Waals surface area contributed by atoms with E-state index in [9.17, 15) is 0 Å². The van der Waals surface area contributed by atoms with E-state index < -0.39 is 0 Å². The zero-order valence-corrected chi connectivity index (χ0v) is 7.91. The molecule has 72 valence electrons. The smallest absolute Gasteiger partial charge is 0.153 e. The molecule has 0 aliphatic heterocycles. The van der Waals surface area contributed by atoms with Crippen LogP contribution in [0.25, 0.3) is 0 Å².